The number of carbonyl (C=O) groups excluding carboxylic acids is 1. The molecular weight excluding hydrogens is 222 g/mol. The van der Waals surface area contributed by atoms with Crippen LogP contribution in [0.5, 0.6) is 0 Å². The van der Waals surface area contributed by atoms with Crippen molar-refractivity contribution in [1.82, 2.24) is 0 Å². The molecule has 0 amide bonds. The highest BCUT2D eigenvalue weighted by Gasteiger charge is 2.09. The Morgan fingerprint density at radius 3 is 2.94 bits per heavy atom. The first-order valence-corrected chi connectivity index (χ1v) is 6.31. The molecule has 1 atom stereocenters. The molecule has 0 aliphatic rings. The summed E-state index contributed by atoms with van der Waals surface area (Å²) in [6.07, 6.45) is 0. The zero-order valence-electron chi connectivity index (χ0n) is 9.60. The van der Waals surface area contributed by atoms with Gasteiger partial charge in [0.25, 0.3) is 0 Å². The summed E-state index contributed by atoms with van der Waals surface area (Å²) in [6, 6.07) is 7.72. The van der Waals surface area contributed by atoms with Crippen LogP contribution in [-0.2, 0) is 9.53 Å². The van der Waals surface area contributed by atoms with E-state index in [-0.39, 0.29) is 11.2 Å². The first-order chi connectivity index (χ1) is 7.63. The van der Waals surface area contributed by atoms with E-state index in [1.165, 1.54) is 0 Å². The second-order valence-corrected chi connectivity index (χ2v) is 4.76. The molecule has 1 aromatic carbocycles. The fourth-order valence-electron chi connectivity index (χ4n) is 1.30. The number of anilines is 1. The summed E-state index contributed by atoms with van der Waals surface area (Å²) >= 11 is 1.56. The Balaban J connectivity index is 2.46. The van der Waals surface area contributed by atoms with E-state index in [4.69, 9.17) is 10.5 Å². The van der Waals surface area contributed by atoms with Crippen molar-refractivity contribution in [3.05, 3.63) is 29.8 Å². The van der Waals surface area contributed by atoms with Gasteiger partial charge in [-0.25, -0.2) is 0 Å². The van der Waals surface area contributed by atoms with E-state index < -0.39 is 0 Å². The number of carbonyl (C=O) groups is 1. The molecule has 1 unspecified atom stereocenters. The zero-order valence-corrected chi connectivity index (χ0v) is 10.4. The summed E-state index contributed by atoms with van der Waals surface area (Å²) in [7, 11) is 0. The van der Waals surface area contributed by atoms with E-state index in [0.29, 0.717) is 12.4 Å². The Morgan fingerprint density at radius 1 is 1.56 bits per heavy atom. The number of nitrogen functional groups attached to an aromatic ring is 1. The lowest BCUT2D eigenvalue weighted by Gasteiger charge is -2.11. The van der Waals surface area contributed by atoms with Gasteiger partial charge in [-0.05, 0) is 31.5 Å². The van der Waals surface area contributed by atoms with Crippen LogP contribution in [0.3, 0.4) is 0 Å². The van der Waals surface area contributed by atoms with Crippen molar-refractivity contribution in [2.75, 3.05) is 18.1 Å². The molecule has 0 heterocycles. The third-order valence-electron chi connectivity index (χ3n) is 2.14. The Morgan fingerprint density at radius 2 is 2.31 bits per heavy atom. The van der Waals surface area contributed by atoms with Crippen molar-refractivity contribution in [3.63, 3.8) is 0 Å². The Hall–Kier alpha value is -1.16. The molecule has 0 aliphatic carbocycles. The summed E-state index contributed by atoms with van der Waals surface area (Å²) in [6.45, 7) is 4.30. The SMILES string of the molecule is CCOC(=O)CSC(C)c1cccc(N)c1. The summed E-state index contributed by atoms with van der Waals surface area (Å²) < 4.78 is 4.87. The first kappa shape index (κ1) is 12.9. The number of thioether (sulfide) groups is 1. The maximum atomic E-state index is 11.2. The Labute approximate surface area is 100 Å². The van der Waals surface area contributed by atoms with Crippen LogP contribution in [-0.4, -0.2) is 18.3 Å². The zero-order chi connectivity index (χ0) is 12.0. The summed E-state index contributed by atoms with van der Waals surface area (Å²) in [5.41, 5.74) is 7.58. The number of rotatable bonds is 5. The molecule has 88 valence electrons. The van der Waals surface area contributed by atoms with E-state index in [9.17, 15) is 4.79 Å². The minimum absolute atomic E-state index is 0.164. The molecule has 0 saturated heterocycles. The molecule has 16 heavy (non-hydrogen) atoms. The van der Waals surface area contributed by atoms with E-state index >= 15 is 0 Å². The van der Waals surface area contributed by atoms with Gasteiger partial charge in [0.05, 0.1) is 12.4 Å². The van der Waals surface area contributed by atoms with E-state index in [1.54, 1.807) is 11.8 Å². The van der Waals surface area contributed by atoms with Gasteiger partial charge in [0.15, 0.2) is 0 Å². The number of hydrogen-bond donors (Lipinski definition) is 1. The fourth-order valence-corrected chi connectivity index (χ4v) is 2.11. The smallest absolute Gasteiger partial charge is 0.315 e. The molecule has 0 bridgehead atoms. The molecular formula is C12H17NO2S. The monoisotopic (exact) mass is 239 g/mol. The molecule has 2 N–H and O–H groups in total. The minimum Gasteiger partial charge on any atom is -0.465 e. The Bertz CT molecular complexity index is 355. The van der Waals surface area contributed by atoms with Gasteiger partial charge in [-0.1, -0.05) is 12.1 Å². The number of hydrogen-bond acceptors (Lipinski definition) is 4. The third-order valence-corrected chi connectivity index (χ3v) is 3.31. The highest BCUT2D eigenvalue weighted by atomic mass is 32.2. The van der Waals surface area contributed by atoms with Gasteiger partial charge in [-0.15, -0.1) is 11.8 Å². The van der Waals surface area contributed by atoms with Crippen LogP contribution >= 0.6 is 11.8 Å². The summed E-state index contributed by atoms with van der Waals surface area (Å²) in [4.78, 5) is 11.2. The van der Waals surface area contributed by atoms with Crippen LogP contribution < -0.4 is 5.73 Å². The van der Waals surface area contributed by atoms with E-state index in [1.807, 2.05) is 31.2 Å². The van der Waals surface area contributed by atoms with Crippen LogP contribution in [0.15, 0.2) is 24.3 Å². The first-order valence-electron chi connectivity index (χ1n) is 5.26. The van der Waals surface area contributed by atoms with Crippen LogP contribution in [0.1, 0.15) is 24.7 Å². The molecule has 3 nitrogen and oxygen atoms in total. The maximum Gasteiger partial charge on any atom is 0.315 e. The van der Waals surface area contributed by atoms with Crippen LogP contribution in [0.25, 0.3) is 0 Å². The van der Waals surface area contributed by atoms with Crippen LogP contribution in [0.2, 0.25) is 0 Å². The second kappa shape index (κ2) is 6.43. The lowest BCUT2D eigenvalue weighted by molar-refractivity contribution is -0.139. The van der Waals surface area contributed by atoms with Gasteiger partial charge in [-0.3, -0.25) is 4.79 Å². The number of benzene rings is 1. The lowest BCUT2D eigenvalue weighted by Crippen LogP contribution is -2.07. The average molecular weight is 239 g/mol. The lowest BCUT2D eigenvalue weighted by atomic mass is 10.1. The van der Waals surface area contributed by atoms with Gasteiger partial charge < -0.3 is 10.5 Å². The average Bonchev–Trinajstić information content (AvgIpc) is 2.26. The standard InChI is InChI=1S/C12H17NO2S/c1-3-15-12(14)8-16-9(2)10-5-4-6-11(13)7-10/h4-7,9H,3,8,13H2,1-2H3. The fraction of sp³-hybridized carbons (Fsp3) is 0.417. The topological polar surface area (TPSA) is 52.3 Å². The summed E-state index contributed by atoms with van der Waals surface area (Å²) in [5.74, 6) is 0.215. The number of esters is 1. The highest BCUT2D eigenvalue weighted by molar-refractivity contribution is 8.00. The third kappa shape index (κ3) is 4.14. The molecule has 0 aromatic heterocycles. The molecule has 0 fully saturated rings. The van der Waals surface area contributed by atoms with Crippen molar-refractivity contribution in [3.8, 4) is 0 Å². The van der Waals surface area contributed by atoms with Gasteiger partial charge in [0.2, 0.25) is 0 Å². The molecule has 0 aliphatic heterocycles. The van der Waals surface area contributed by atoms with E-state index in [2.05, 4.69) is 6.92 Å². The van der Waals surface area contributed by atoms with Gasteiger partial charge in [0.1, 0.15) is 0 Å². The minimum atomic E-state index is -0.164. The largest absolute Gasteiger partial charge is 0.465 e. The van der Waals surface area contributed by atoms with Crippen molar-refractivity contribution < 1.29 is 9.53 Å². The van der Waals surface area contributed by atoms with E-state index in [0.717, 1.165) is 11.3 Å². The van der Waals surface area contributed by atoms with Crippen molar-refractivity contribution in [2.24, 2.45) is 0 Å². The maximum absolute atomic E-state index is 11.2. The molecule has 0 radical (unpaired) electrons. The van der Waals surface area contributed by atoms with Gasteiger partial charge >= 0.3 is 5.97 Å². The van der Waals surface area contributed by atoms with Crippen molar-refractivity contribution >= 4 is 23.4 Å². The van der Waals surface area contributed by atoms with Gasteiger partial charge in [0, 0.05) is 10.9 Å². The second-order valence-electron chi connectivity index (χ2n) is 3.43. The molecule has 1 rings (SSSR count). The highest BCUT2D eigenvalue weighted by Crippen LogP contribution is 2.28. The van der Waals surface area contributed by atoms with Crippen molar-refractivity contribution in [1.29, 1.82) is 0 Å². The molecule has 0 saturated carbocycles. The predicted octanol–water partition coefficient (Wildman–Crippen LogP) is 2.63. The quantitative estimate of drug-likeness (QED) is 0.634. The van der Waals surface area contributed by atoms with Gasteiger partial charge in [-0.2, -0.15) is 0 Å². The Kier molecular flexibility index (Phi) is 5.19. The van der Waals surface area contributed by atoms with Crippen LogP contribution in [0.4, 0.5) is 5.69 Å². The van der Waals surface area contributed by atoms with Crippen molar-refractivity contribution in [2.45, 2.75) is 19.1 Å². The number of nitrogens with two attached hydrogens (primary N) is 1. The normalized spacial score (nSPS) is 12.1. The molecule has 4 heteroatoms. The van der Waals surface area contributed by atoms with Crippen LogP contribution in [0, 0.1) is 0 Å². The summed E-state index contributed by atoms with van der Waals surface area (Å²) in [5, 5.41) is 0.243. The molecule has 1 aromatic rings. The molecule has 0 spiro atoms. The predicted molar refractivity (Wildman–Crippen MR) is 68.4 cm³/mol. The number of ether oxygens (including phenoxy) is 1.